The van der Waals surface area contributed by atoms with Gasteiger partial charge in [0.05, 0.1) is 0 Å². The molecule has 0 aliphatic carbocycles. The van der Waals surface area contributed by atoms with Gasteiger partial charge in [0, 0.05) is 6.54 Å². The molecule has 0 unspecified atom stereocenters. The van der Waals surface area contributed by atoms with Crippen molar-refractivity contribution in [2.45, 2.75) is 13.5 Å². The van der Waals surface area contributed by atoms with E-state index in [0.717, 1.165) is 18.5 Å². The zero-order valence-electron chi connectivity index (χ0n) is 8.83. The van der Waals surface area contributed by atoms with E-state index >= 15 is 0 Å². The summed E-state index contributed by atoms with van der Waals surface area (Å²) in [6.07, 6.45) is 0. The highest BCUT2D eigenvalue weighted by Crippen LogP contribution is 2.20. The molecule has 15 heavy (non-hydrogen) atoms. The molecule has 2 nitrogen and oxygen atoms in total. The molecule has 0 atom stereocenters. The van der Waals surface area contributed by atoms with E-state index in [4.69, 9.17) is 0 Å². The average molecular weight is 201 g/mol. The Balaban J connectivity index is 2.34. The van der Waals surface area contributed by atoms with Gasteiger partial charge in [-0.25, -0.2) is 0 Å². The lowest BCUT2D eigenvalue weighted by Gasteiger charge is -2.04. The maximum atomic E-state index is 9.33. The largest absolute Gasteiger partial charge is 0.508 e. The van der Waals surface area contributed by atoms with Gasteiger partial charge in [0.1, 0.15) is 5.75 Å². The highest BCUT2D eigenvalue weighted by molar-refractivity contribution is 5.84. The summed E-state index contributed by atoms with van der Waals surface area (Å²) in [6, 6.07) is 11.7. The standard InChI is InChI=1S/C13H15NO/c1-2-14-9-10-3-4-12-8-13(15)6-5-11(12)7-10/h3-8,14-15H,2,9H2,1H3. The Kier molecular flexibility index (Phi) is 2.88. The van der Waals surface area contributed by atoms with Gasteiger partial charge in [-0.1, -0.05) is 25.1 Å². The molecule has 2 aromatic rings. The lowest BCUT2D eigenvalue weighted by Crippen LogP contribution is -2.11. The molecular formula is C13H15NO. The molecule has 0 amide bonds. The molecule has 0 saturated heterocycles. The number of fused-ring (bicyclic) bond motifs is 1. The zero-order valence-corrected chi connectivity index (χ0v) is 8.83. The number of aromatic hydroxyl groups is 1. The quantitative estimate of drug-likeness (QED) is 0.800. The van der Waals surface area contributed by atoms with Crippen molar-refractivity contribution >= 4 is 10.8 Å². The van der Waals surface area contributed by atoms with Crippen LogP contribution in [-0.2, 0) is 6.54 Å². The van der Waals surface area contributed by atoms with Crippen molar-refractivity contribution < 1.29 is 5.11 Å². The third-order valence-corrected chi connectivity index (χ3v) is 2.47. The summed E-state index contributed by atoms with van der Waals surface area (Å²) in [7, 11) is 0. The molecule has 0 aliphatic rings. The van der Waals surface area contributed by atoms with Crippen LogP contribution in [0.25, 0.3) is 10.8 Å². The first kappa shape index (κ1) is 9.99. The molecule has 78 valence electrons. The molecule has 0 spiro atoms. The number of benzene rings is 2. The SMILES string of the molecule is CCNCc1ccc2cc(O)ccc2c1. The van der Waals surface area contributed by atoms with Crippen molar-refractivity contribution in [3.05, 3.63) is 42.0 Å². The fourth-order valence-electron chi connectivity index (χ4n) is 1.66. The third-order valence-electron chi connectivity index (χ3n) is 2.47. The molecule has 0 heterocycles. The molecule has 2 rings (SSSR count). The average Bonchev–Trinajstić information content (AvgIpc) is 2.26. The number of hydrogen-bond donors (Lipinski definition) is 2. The smallest absolute Gasteiger partial charge is 0.116 e. The van der Waals surface area contributed by atoms with Crippen LogP contribution < -0.4 is 5.32 Å². The Morgan fingerprint density at radius 2 is 1.80 bits per heavy atom. The van der Waals surface area contributed by atoms with Gasteiger partial charge in [-0.3, -0.25) is 0 Å². The molecule has 0 radical (unpaired) electrons. The monoisotopic (exact) mass is 201 g/mol. The van der Waals surface area contributed by atoms with Gasteiger partial charge in [0.25, 0.3) is 0 Å². The maximum Gasteiger partial charge on any atom is 0.116 e. The lowest BCUT2D eigenvalue weighted by atomic mass is 10.1. The fourth-order valence-corrected chi connectivity index (χ4v) is 1.66. The molecule has 0 saturated carbocycles. The van der Waals surface area contributed by atoms with Crippen LogP contribution in [0.3, 0.4) is 0 Å². The highest BCUT2D eigenvalue weighted by atomic mass is 16.3. The molecule has 0 aromatic heterocycles. The fraction of sp³-hybridized carbons (Fsp3) is 0.231. The van der Waals surface area contributed by atoms with Crippen molar-refractivity contribution in [1.29, 1.82) is 0 Å². The van der Waals surface area contributed by atoms with Crippen LogP contribution in [0, 0.1) is 0 Å². The highest BCUT2D eigenvalue weighted by Gasteiger charge is 1.97. The minimum absolute atomic E-state index is 0.321. The van der Waals surface area contributed by atoms with Gasteiger partial charge in [0.15, 0.2) is 0 Å². The van der Waals surface area contributed by atoms with Gasteiger partial charge in [-0.15, -0.1) is 0 Å². The summed E-state index contributed by atoms with van der Waals surface area (Å²) in [5, 5.41) is 14.9. The number of hydrogen-bond acceptors (Lipinski definition) is 2. The van der Waals surface area contributed by atoms with Gasteiger partial charge in [0.2, 0.25) is 0 Å². The first-order valence-corrected chi connectivity index (χ1v) is 5.22. The third kappa shape index (κ3) is 2.28. The van der Waals surface area contributed by atoms with Gasteiger partial charge in [-0.05, 0) is 41.1 Å². The predicted molar refractivity (Wildman–Crippen MR) is 63.0 cm³/mol. The Bertz CT molecular complexity index is 465. The van der Waals surface area contributed by atoms with Crippen LogP contribution in [0.15, 0.2) is 36.4 Å². The van der Waals surface area contributed by atoms with E-state index in [1.807, 2.05) is 12.1 Å². The molecule has 0 fully saturated rings. The van der Waals surface area contributed by atoms with Crippen LogP contribution in [-0.4, -0.2) is 11.7 Å². The Labute approximate surface area is 89.6 Å². The molecule has 2 aromatic carbocycles. The summed E-state index contributed by atoms with van der Waals surface area (Å²) in [6.45, 7) is 3.97. The number of phenolic OH excluding ortho intramolecular Hbond substituents is 1. The van der Waals surface area contributed by atoms with Crippen molar-refractivity contribution in [2.24, 2.45) is 0 Å². The number of phenols is 1. The van der Waals surface area contributed by atoms with E-state index in [1.165, 1.54) is 10.9 Å². The van der Waals surface area contributed by atoms with Crippen LogP contribution in [0.4, 0.5) is 0 Å². The first-order valence-electron chi connectivity index (χ1n) is 5.22. The minimum Gasteiger partial charge on any atom is -0.508 e. The summed E-state index contributed by atoms with van der Waals surface area (Å²) >= 11 is 0. The van der Waals surface area contributed by atoms with Crippen molar-refractivity contribution in [1.82, 2.24) is 5.32 Å². The maximum absolute atomic E-state index is 9.33. The lowest BCUT2D eigenvalue weighted by molar-refractivity contribution is 0.476. The Morgan fingerprint density at radius 3 is 2.60 bits per heavy atom. The minimum atomic E-state index is 0.321. The van der Waals surface area contributed by atoms with Crippen molar-refractivity contribution in [3.8, 4) is 5.75 Å². The zero-order chi connectivity index (χ0) is 10.7. The van der Waals surface area contributed by atoms with E-state index in [1.54, 1.807) is 12.1 Å². The molecule has 2 N–H and O–H groups in total. The predicted octanol–water partition coefficient (Wildman–Crippen LogP) is 2.65. The van der Waals surface area contributed by atoms with E-state index in [-0.39, 0.29) is 0 Å². The normalized spacial score (nSPS) is 10.7. The molecule has 2 heteroatoms. The van der Waals surface area contributed by atoms with Gasteiger partial charge in [-0.2, -0.15) is 0 Å². The summed E-state index contributed by atoms with van der Waals surface area (Å²) in [5.74, 6) is 0.321. The Morgan fingerprint density at radius 1 is 1.07 bits per heavy atom. The van der Waals surface area contributed by atoms with E-state index in [9.17, 15) is 5.11 Å². The second-order valence-corrected chi connectivity index (χ2v) is 3.65. The van der Waals surface area contributed by atoms with E-state index < -0.39 is 0 Å². The molecular weight excluding hydrogens is 186 g/mol. The van der Waals surface area contributed by atoms with Gasteiger partial charge < -0.3 is 10.4 Å². The van der Waals surface area contributed by atoms with E-state index in [0.29, 0.717) is 5.75 Å². The molecule has 0 aliphatic heterocycles. The topological polar surface area (TPSA) is 32.3 Å². The number of rotatable bonds is 3. The summed E-state index contributed by atoms with van der Waals surface area (Å²) < 4.78 is 0. The van der Waals surface area contributed by atoms with Crippen LogP contribution in [0.1, 0.15) is 12.5 Å². The number of nitrogens with one attached hydrogen (secondary N) is 1. The van der Waals surface area contributed by atoms with Gasteiger partial charge >= 0.3 is 0 Å². The van der Waals surface area contributed by atoms with Crippen molar-refractivity contribution in [3.63, 3.8) is 0 Å². The van der Waals surface area contributed by atoms with Crippen molar-refractivity contribution in [2.75, 3.05) is 6.54 Å². The Hall–Kier alpha value is -1.54. The molecule has 0 bridgehead atoms. The van der Waals surface area contributed by atoms with E-state index in [2.05, 4.69) is 24.4 Å². The summed E-state index contributed by atoms with van der Waals surface area (Å²) in [5.41, 5.74) is 1.27. The van der Waals surface area contributed by atoms with Crippen LogP contribution in [0.5, 0.6) is 5.75 Å². The second-order valence-electron chi connectivity index (χ2n) is 3.65. The van der Waals surface area contributed by atoms with Crippen LogP contribution in [0.2, 0.25) is 0 Å². The first-order chi connectivity index (χ1) is 7.29. The summed E-state index contributed by atoms with van der Waals surface area (Å²) in [4.78, 5) is 0. The van der Waals surface area contributed by atoms with Crippen LogP contribution >= 0.6 is 0 Å². The second kappa shape index (κ2) is 4.32.